The predicted molar refractivity (Wildman–Crippen MR) is 57.1 cm³/mol. The second kappa shape index (κ2) is 5.27. The maximum absolute atomic E-state index is 9.80. The molecule has 2 atom stereocenters. The molecule has 0 saturated carbocycles. The fourth-order valence-electron chi connectivity index (χ4n) is 1.44. The van der Waals surface area contributed by atoms with Crippen molar-refractivity contribution in [3.63, 3.8) is 0 Å². The summed E-state index contributed by atoms with van der Waals surface area (Å²) < 4.78 is 0. The number of aliphatic hydroxyl groups excluding tert-OH is 2. The molecule has 4 nitrogen and oxygen atoms in total. The molecule has 0 fully saturated rings. The van der Waals surface area contributed by atoms with Crippen LogP contribution in [-0.2, 0) is 0 Å². The Labute approximate surface area is 94.0 Å². The molecule has 0 aliphatic heterocycles. The Balaban J connectivity index is 3.08. The largest absolute Gasteiger partial charge is 0.389 e. The van der Waals surface area contributed by atoms with Gasteiger partial charge >= 0.3 is 0 Å². The van der Waals surface area contributed by atoms with Crippen molar-refractivity contribution < 1.29 is 10.2 Å². The zero-order chi connectivity index (χ0) is 12.1. The SMILES string of the molecule is Cc1ccc(C#N)c(C(O)C(O)CC#N)c1. The van der Waals surface area contributed by atoms with Crippen LogP contribution in [0.1, 0.15) is 29.2 Å². The smallest absolute Gasteiger partial charge is 0.107 e. The normalized spacial score (nSPS) is 13.6. The van der Waals surface area contributed by atoms with Crippen LogP contribution in [-0.4, -0.2) is 16.3 Å². The van der Waals surface area contributed by atoms with E-state index in [4.69, 9.17) is 10.5 Å². The molecule has 0 saturated heterocycles. The van der Waals surface area contributed by atoms with E-state index in [0.717, 1.165) is 5.56 Å². The van der Waals surface area contributed by atoms with Crippen molar-refractivity contribution in [1.82, 2.24) is 0 Å². The monoisotopic (exact) mass is 216 g/mol. The molecular formula is C12H12N2O2. The first kappa shape index (κ1) is 12.2. The highest BCUT2D eigenvalue weighted by molar-refractivity contribution is 5.41. The van der Waals surface area contributed by atoms with Crippen molar-refractivity contribution >= 4 is 0 Å². The first-order valence-electron chi connectivity index (χ1n) is 4.84. The van der Waals surface area contributed by atoms with Crippen LogP contribution in [0.5, 0.6) is 0 Å². The minimum absolute atomic E-state index is 0.167. The third-order valence-electron chi connectivity index (χ3n) is 2.31. The zero-order valence-corrected chi connectivity index (χ0v) is 8.88. The molecule has 1 rings (SSSR count). The Morgan fingerprint density at radius 2 is 2.00 bits per heavy atom. The van der Waals surface area contributed by atoms with Crippen molar-refractivity contribution in [2.75, 3.05) is 0 Å². The van der Waals surface area contributed by atoms with Gasteiger partial charge in [-0.25, -0.2) is 0 Å². The van der Waals surface area contributed by atoms with E-state index in [2.05, 4.69) is 0 Å². The molecule has 2 unspecified atom stereocenters. The van der Waals surface area contributed by atoms with Crippen LogP contribution in [0, 0.1) is 29.6 Å². The molecular weight excluding hydrogens is 204 g/mol. The molecule has 4 heteroatoms. The minimum Gasteiger partial charge on any atom is -0.389 e. The molecule has 0 heterocycles. The number of rotatable bonds is 3. The van der Waals surface area contributed by atoms with Gasteiger partial charge in [0, 0.05) is 5.56 Å². The molecule has 0 bridgehead atoms. The lowest BCUT2D eigenvalue weighted by Gasteiger charge is -2.17. The molecule has 16 heavy (non-hydrogen) atoms. The van der Waals surface area contributed by atoms with Gasteiger partial charge in [-0.15, -0.1) is 0 Å². The highest BCUT2D eigenvalue weighted by Gasteiger charge is 2.20. The number of nitrogens with zero attached hydrogens (tertiary/aromatic N) is 2. The summed E-state index contributed by atoms with van der Waals surface area (Å²) in [5.41, 5.74) is 1.57. The standard InChI is InChI=1S/C12H12N2O2/c1-8-2-3-9(7-14)10(6-8)12(16)11(15)4-5-13/h2-3,6,11-12,15-16H,4H2,1H3. The van der Waals surface area contributed by atoms with Crippen molar-refractivity contribution in [2.24, 2.45) is 0 Å². The van der Waals surface area contributed by atoms with Gasteiger partial charge in [-0.05, 0) is 13.0 Å². The molecule has 1 aromatic carbocycles. The summed E-state index contributed by atoms with van der Waals surface area (Å²) in [5.74, 6) is 0. The Hall–Kier alpha value is -1.88. The molecule has 0 aromatic heterocycles. The summed E-state index contributed by atoms with van der Waals surface area (Å²) in [5, 5.41) is 36.6. The second-order valence-electron chi connectivity index (χ2n) is 3.58. The van der Waals surface area contributed by atoms with Crippen molar-refractivity contribution in [3.05, 3.63) is 34.9 Å². The van der Waals surface area contributed by atoms with Gasteiger partial charge < -0.3 is 10.2 Å². The minimum atomic E-state index is -1.20. The highest BCUT2D eigenvalue weighted by atomic mass is 16.3. The number of aliphatic hydroxyl groups is 2. The molecule has 0 aliphatic carbocycles. The number of hydrogen-bond donors (Lipinski definition) is 2. The van der Waals surface area contributed by atoms with E-state index in [9.17, 15) is 10.2 Å². The van der Waals surface area contributed by atoms with Gasteiger partial charge in [0.1, 0.15) is 6.10 Å². The number of benzene rings is 1. The quantitative estimate of drug-likeness (QED) is 0.793. The van der Waals surface area contributed by atoms with Crippen LogP contribution in [0.2, 0.25) is 0 Å². The maximum atomic E-state index is 9.80. The first-order valence-corrected chi connectivity index (χ1v) is 4.84. The van der Waals surface area contributed by atoms with E-state index >= 15 is 0 Å². The summed E-state index contributed by atoms with van der Waals surface area (Å²) in [6.07, 6.45) is -2.53. The van der Waals surface area contributed by atoms with E-state index in [0.29, 0.717) is 11.1 Å². The Morgan fingerprint density at radius 3 is 2.56 bits per heavy atom. The molecule has 0 radical (unpaired) electrons. The van der Waals surface area contributed by atoms with Crippen molar-refractivity contribution in [3.8, 4) is 12.1 Å². The summed E-state index contributed by atoms with van der Waals surface area (Å²) in [7, 11) is 0. The van der Waals surface area contributed by atoms with Crippen LogP contribution in [0.3, 0.4) is 0 Å². The molecule has 1 aromatic rings. The van der Waals surface area contributed by atoms with Gasteiger partial charge in [0.25, 0.3) is 0 Å². The Bertz CT molecular complexity index is 457. The Morgan fingerprint density at radius 1 is 1.31 bits per heavy atom. The van der Waals surface area contributed by atoms with Gasteiger partial charge in [0.15, 0.2) is 0 Å². The molecule has 0 spiro atoms. The van der Waals surface area contributed by atoms with Crippen LogP contribution < -0.4 is 0 Å². The zero-order valence-electron chi connectivity index (χ0n) is 8.88. The fourth-order valence-corrected chi connectivity index (χ4v) is 1.44. The van der Waals surface area contributed by atoms with Crippen molar-refractivity contribution in [2.45, 2.75) is 25.6 Å². The van der Waals surface area contributed by atoms with E-state index in [-0.39, 0.29) is 6.42 Å². The number of aryl methyl sites for hydroxylation is 1. The lowest BCUT2D eigenvalue weighted by molar-refractivity contribution is 0.0214. The third kappa shape index (κ3) is 2.58. The molecule has 0 aliphatic rings. The van der Waals surface area contributed by atoms with Crippen LogP contribution in [0.15, 0.2) is 18.2 Å². The first-order chi connectivity index (χ1) is 7.60. The predicted octanol–water partition coefficient (Wildman–Crippen LogP) is 1.17. The van der Waals surface area contributed by atoms with E-state index in [1.165, 1.54) is 0 Å². The van der Waals surface area contributed by atoms with Gasteiger partial charge in [-0.2, -0.15) is 10.5 Å². The van der Waals surface area contributed by atoms with E-state index in [1.807, 2.05) is 13.0 Å². The van der Waals surface area contributed by atoms with Crippen LogP contribution in [0.25, 0.3) is 0 Å². The summed E-state index contributed by atoms with van der Waals surface area (Å²) >= 11 is 0. The van der Waals surface area contributed by atoms with E-state index in [1.54, 1.807) is 24.3 Å². The summed E-state index contributed by atoms with van der Waals surface area (Å²) in [4.78, 5) is 0. The average molecular weight is 216 g/mol. The average Bonchev–Trinajstić information content (AvgIpc) is 2.28. The second-order valence-corrected chi connectivity index (χ2v) is 3.58. The van der Waals surface area contributed by atoms with E-state index < -0.39 is 12.2 Å². The molecule has 2 N–H and O–H groups in total. The number of nitriles is 2. The number of hydrogen-bond acceptors (Lipinski definition) is 4. The lowest BCUT2D eigenvalue weighted by atomic mass is 9.96. The van der Waals surface area contributed by atoms with Crippen molar-refractivity contribution in [1.29, 1.82) is 10.5 Å². The van der Waals surface area contributed by atoms with Gasteiger partial charge in [0.05, 0.1) is 30.2 Å². The lowest BCUT2D eigenvalue weighted by Crippen LogP contribution is -2.18. The third-order valence-corrected chi connectivity index (χ3v) is 2.31. The Kier molecular flexibility index (Phi) is 4.02. The maximum Gasteiger partial charge on any atom is 0.107 e. The van der Waals surface area contributed by atoms with Gasteiger partial charge in [-0.3, -0.25) is 0 Å². The molecule has 82 valence electrons. The topological polar surface area (TPSA) is 88.0 Å². The summed E-state index contributed by atoms with van der Waals surface area (Å²) in [6.45, 7) is 1.83. The summed E-state index contributed by atoms with van der Waals surface area (Å²) in [6, 6.07) is 8.71. The fraction of sp³-hybridized carbons (Fsp3) is 0.333. The van der Waals surface area contributed by atoms with Gasteiger partial charge in [0.2, 0.25) is 0 Å². The highest BCUT2D eigenvalue weighted by Crippen LogP contribution is 2.23. The van der Waals surface area contributed by atoms with Crippen LogP contribution in [0.4, 0.5) is 0 Å². The van der Waals surface area contributed by atoms with Crippen LogP contribution >= 0.6 is 0 Å². The van der Waals surface area contributed by atoms with Gasteiger partial charge in [-0.1, -0.05) is 17.7 Å². The molecule has 0 amide bonds.